The zero-order valence-corrected chi connectivity index (χ0v) is 19.9. The van der Waals surface area contributed by atoms with Crippen LogP contribution in [0.1, 0.15) is 5.89 Å². The fourth-order valence-electron chi connectivity index (χ4n) is 3.45. The normalized spacial score (nSPS) is 11.1. The van der Waals surface area contributed by atoms with Crippen LogP contribution in [0.25, 0.3) is 32.7 Å². The van der Waals surface area contributed by atoms with Gasteiger partial charge in [0.25, 0.3) is 5.56 Å². The van der Waals surface area contributed by atoms with Crippen molar-refractivity contribution in [2.45, 2.75) is 10.9 Å². The van der Waals surface area contributed by atoms with Gasteiger partial charge in [-0.3, -0.25) is 4.79 Å². The number of thioether (sulfide) groups is 1. The smallest absolute Gasteiger partial charge is 0.282 e. The van der Waals surface area contributed by atoms with Crippen LogP contribution in [-0.2, 0) is 5.75 Å². The molecule has 0 aliphatic carbocycles. The molecule has 0 aliphatic rings. The lowest BCUT2D eigenvalue weighted by atomic mass is 10.1. The predicted molar refractivity (Wildman–Crippen MR) is 132 cm³/mol. The van der Waals surface area contributed by atoms with E-state index in [1.807, 2.05) is 41.8 Å². The van der Waals surface area contributed by atoms with Gasteiger partial charge in [-0.1, -0.05) is 47.3 Å². The summed E-state index contributed by atoms with van der Waals surface area (Å²) in [5.74, 6) is 8.37. The quantitative estimate of drug-likeness (QED) is 0.202. The van der Waals surface area contributed by atoms with Crippen LogP contribution in [0.4, 0.5) is 0 Å². The highest BCUT2D eigenvalue weighted by molar-refractivity contribution is 7.98. The average Bonchev–Trinajstić information content (AvgIpc) is 3.53. The monoisotopic (exact) mass is 493 g/mol. The summed E-state index contributed by atoms with van der Waals surface area (Å²) in [5, 5.41) is 6.85. The highest BCUT2D eigenvalue weighted by Gasteiger charge is 2.18. The number of rotatable bonds is 7. The molecule has 11 heteroatoms. The number of nitrogens with zero attached hydrogens (tertiary/aromatic N) is 4. The van der Waals surface area contributed by atoms with Crippen LogP contribution >= 0.6 is 23.1 Å². The van der Waals surface area contributed by atoms with Crippen molar-refractivity contribution in [1.82, 2.24) is 19.8 Å². The average molecular weight is 494 g/mol. The summed E-state index contributed by atoms with van der Waals surface area (Å²) in [4.78, 5) is 22.7. The number of fused-ring (bicyclic) bond motifs is 1. The minimum absolute atomic E-state index is 0.298. The molecular formula is C23H19N5O4S2. The largest absolute Gasteiger partial charge is 0.493 e. The van der Waals surface area contributed by atoms with E-state index < -0.39 is 0 Å². The Labute approximate surface area is 202 Å². The summed E-state index contributed by atoms with van der Waals surface area (Å²) in [7, 11) is 3.13. The Hall–Kier alpha value is -3.83. The Bertz CT molecular complexity index is 1530. The first kappa shape index (κ1) is 22.0. The van der Waals surface area contributed by atoms with E-state index in [1.54, 1.807) is 26.4 Å². The first-order valence-electron chi connectivity index (χ1n) is 10.1. The number of hydrogen-bond acceptors (Lipinski definition) is 10. The molecule has 9 nitrogen and oxygen atoms in total. The van der Waals surface area contributed by atoms with Crippen molar-refractivity contribution in [3.8, 4) is 34.0 Å². The fourth-order valence-corrected chi connectivity index (χ4v) is 5.19. The van der Waals surface area contributed by atoms with Crippen LogP contribution in [0, 0.1) is 0 Å². The summed E-state index contributed by atoms with van der Waals surface area (Å²) >= 11 is 2.66. The van der Waals surface area contributed by atoms with Gasteiger partial charge in [0.2, 0.25) is 11.7 Å². The third-order valence-corrected chi connectivity index (χ3v) is 6.94. The summed E-state index contributed by atoms with van der Waals surface area (Å²) < 4.78 is 17.0. The van der Waals surface area contributed by atoms with Gasteiger partial charge in [-0.2, -0.15) is 4.98 Å². The van der Waals surface area contributed by atoms with Gasteiger partial charge in [-0.15, -0.1) is 11.3 Å². The first-order chi connectivity index (χ1) is 16.6. The highest BCUT2D eigenvalue weighted by atomic mass is 32.2. The molecule has 0 spiro atoms. The van der Waals surface area contributed by atoms with E-state index in [0.29, 0.717) is 44.3 Å². The Kier molecular flexibility index (Phi) is 5.95. The molecule has 2 aromatic carbocycles. The molecule has 5 rings (SSSR count). The van der Waals surface area contributed by atoms with E-state index in [2.05, 4.69) is 15.1 Å². The Morgan fingerprint density at radius 1 is 1.06 bits per heavy atom. The van der Waals surface area contributed by atoms with E-state index in [1.165, 1.54) is 23.1 Å². The van der Waals surface area contributed by atoms with Crippen molar-refractivity contribution in [2.75, 3.05) is 20.1 Å². The summed E-state index contributed by atoms with van der Waals surface area (Å²) in [6.07, 6.45) is 0. The molecule has 2 N–H and O–H groups in total. The second kappa shape index (κ2) is 9.20. The van der Waals surface area contributed by atoms with Crippen molar-refractivity contribution in [3.63, 3.8) is 0 Å². The van der Waals surface area contributed by atoms with E-state index in [-0.39, 0.29) is 5.56 Å². The lowest BCUT2D eigenvalue weighted by Crippen LogP contribution is -2.29. The van der Waals surface area contributed by atoms with Gasteiger partial charge < -0.3 is 19.8 Å². The predicted octanol–water partition coefficient (Wildman–Crippen LogP) is 4.20. The summed E-state index contributed by atoms with van der Waals surface area (Å²) in [5.41, 5.74) is 2.19. The minimum atomic E-state index is -0.302. The van der Waals surface area contributed by atoms with Crippen LogP contribution in [0.15, 0.2) is 68.4 Å². The minimum Gasteiger partial charge on any atom is -0.493 e. The number of ether oxygens (including phenoxy) is 2. The maximum Gasteiger partial charge on any atom is 0.282 e. The van der Waals surface area contributed by atoms with Crippen molar-refractivity contribution in [1.29, 1.82) is 0 Å². The SMILES string of the molecule is COc1ccc(-c2noc(CSc3nc4scc(-c5ccccc5)c4c(=O)n3N)n2)cc1OC. The summed E-state index contributed by atoms with van der Waals surface area (Å²) in [6, 6.07) is 15.1. The van der Waals surface area contributed by atoms with Gasteiger partial charge in [-0.05, 0) is 23.8 Å². The molecule has 0 saturated heterocycles. The molecule has 172 valence electrons. The van der Waals surface area contributed by atoms with E-state index in [9.17, 15) is 4.79 Å². The molecule has 0 aliphatic heterocycles. The molecule has 34 heavy (non-hydrogen) atoms. The number of nitrogen functional groups attached to an aromatic ring is 1. The molecule has 0 atom stereocenters. The van der Waals surface area contributed by atoms with Crippen LogP contribution in [0.3, 0.4) is 0 Å². The molecule has 3 heterocycles. The number of hydrogen-bond donors (Lipinski definition) is 1. The topological polar surface area (TPSA) is 118 Å². The zero-order chi connectivity index (χ0) is 23.7. The van der Waals surface area contributed by atoms with Gasteiger partial charge >= 0.3 is 0 Å². The molecule has 0 bridgehead atoms. The lowest BCUT2D eigenvalue weighted by molar-refractivity contribution is 0.355. The number of benzene rings is 2. The number of aromatic nitrogens is 4. The van der Waals surface area contributed by atoms with Gasteiger partial charge in [0.05, 0.1) is 25.4 Å². The Balaban J connectivity index is 1.39. The number of thiophene rings is 1. The third-order valence-electron chi connectivity index (χ3n) is 5.13. The van der Waals surface area contributed by atoms with Crippen molar-refractivity contribution in [3.05, 3.63) is 70.2 Å². The lowest BCUT2D eigenvalue weighted by Gasteiger charge is -2.07. The number of methoxy groups -OCH3 is 2. The van der Waals surface area contributed by atoms with E-state index in [4.69, 9.17) is 19.8 Å². The molecular weight excluding hydrogens is 474 g/mol. The van der Waals surface area contributed by atoms with E-state index >= 15 is 0 Å². The molecule has 0 radical (unpaired) electrons. The molecule has 5 aromatic rings. The highest BCUT2D eigenvalue weighted by Crippen LogP contribution is 2.33. The molecule has 0 unspecified atom stereocenters. The summed E-state index contributed by atoms with van der Waals surface area (Å²) in [6.45, 7) is 0. The maximum atomic E-state index is 13.0. The van der Waals surface area contributed by atoms with Crippen LogP contribution in [0.2, 0.25) is 0 Å². The number of nitrogens with two attached hydrogens (primary N) is 1. The van der Waals surface area contributed by atoms with Crippen LogP contribution in [0.5, 0.6) is 11.5 Å². The molecule has 0 fully saturated rings. The third kappa shape index (κ3) is 3.99. The van der Waals surface area contributed by atoms with Crippen LogP contribution in [-0.4, -0.2) is 34.0 Å². The van der Waals surface area contributed by atoms with Gasteiger partial charge in [0, 0.05) is 16.5 Å². The fraction of sp³-hybridized carbons (Fsp3) is 0.130. The van der Waals surface area contributed by atoms with Crippen molar-refractivity contribution in [2.24, 2.45) is 0 Å². The maximum absolute atomic E-state index is 13.0. The van der Waals surface area contributed by atoms with E-state index in [0.717, 1.165) is 21.4 Å². The molecule has 3 aromatic heterocycles. The Morgan fingerprint density at radius 2 is 1.85 bits per heavy atom. The van der Waals surface area contributed by atoms with Gasteiger partial charge in [0.15, 0.2) is 16.7 Å². The van der Waals surface area contributed by atoms with Crippen LogP contribution < -0.4 is 20.9 Å². The Morgan fingerprint density at radius 3 is 2.62 bits per heavy atom. The first-order valence-corrected chi connectivity index (χ1v) is 12.0. The second-order valence-corrected chi connectivity index (χ2v) is 8.94. The van der Waals surface area contributed by atoms with Gasteiger partial charge in [-0.25, -0.2) is 9.66 Å². The molecule has 0 saturated carbocycles. The van der Waals surface area contributed by atoms with Crippen molar-refractivity contribution < 1.29 is 14.0 Å². The zero-order valence-electron chi connectivity index (χ0n) is 18.2. The standard InChI is InChI=1S/C23H19N5O4S2/c1-30-16-9-8-14(10-17(16)31-2)20-25-18(32-27-20)12-34-23-26-21-19(22(29)28(23)24)15(11-33-21)13-6-4-3-5-7-13/h3-11H,12,24H2,1-2H3. The van der Waals surface area contributed by atoms with Gasteiger partial charge in [0.1, 0.15) is 4.83 Å². The van der Waals surface area contributed by atoms with Crippen molar-refractivity contribution >= 4 is 33.3 Å². The molecule has 0 amide bonds. The second-order valence-electron chi connectivity index (χ2n) is 7.14.